The van der Waals surface area contributed by atoms with Crippen LogP contribution in [-0.2, 0) is 13.0 Å². The topological polar surface area (TPSA) is 46.9 Å². The first-order valence-corrected chi connectivity index (χ1v) is 10.5. The van der Waals surface area contributed by atoms with Crippen LogP contribution in [0.3, 0.4) is 0 Å². The lowest BCUT2D eigenvalue weighted by atomic mass is 9.99. The van der Waals surface area contributed by atoms with E-state index in [0.29, 0.717) is 18.5 Å². The van der Waals surface area contributed by atoms with Crippen LogP contribution in [0.5, 0.6) is 0 Å². The Morgan fingerprint density at radius 3 is 2.39 bits per heavy atom. The highest BCUT2D eigenvalue weighted by Crippen LogP contribution is 2.22. The molecule has 0 fully saturated rings. The molecular formula is C26H26FN3O. The second kappa shape index (κ2) is 8.72. The van der Waals surface area contributed by atoms with Gasteiger partial charge in [0.15, 0.2) is 0 Å². The zero-order chi connectivity index (χ0) is 22.0. The Balaban J connectivity index is 1.57. The second-order valence-corrected chi connectivity index (χ2v) is 7.99. The minimum absolute atomic E-state index is 0.215. The lowest BCUT2D eigenvalue weighted by Gasteiger charge is -2.15. The number of hydrogen-bond acceptors (Lipinski definition) is 2. The van der Waals surface area contributed by atoms with Crippen LogP contribution in [-0.4, -0.2) is 22.0 Å². The third-order valence-electron chi connectivity index (χ3n) is 5.63. The van der Waals surface area contributed by atoms with Crippen molar-refractivity contribution in [2.45, 2.75) is 33.7 Å². The number of rotatable bonds is 6. The van der Waals surface area contributed by atoms with Gasteiger partial charge in [0.25, 0.3) is 5.91 Å². The molecule has 0 atom stereocenters. The van der Waals surface area contributed by atoms with Crippen molar-refractivity contribution in [2.24, 2.45) is 0 Å². The van der Waals surface area contributed by atoms with E-state index < -0.39 is 0 Å². The van der Waals surface area contributed by atoms with Crippen molar-refractivity contribution < 1.29 is 9.18 Å². The number of amides is 1. The van der Waals surface area contributed by atoms with Crippen LogP contribution < -0.4 is 5.32 Å². The Morgan fingerprint density at radius 2 is 1.68 bits per heavy atom. The summed E-state index contributed by atoms with van der Waals surface area (Å²) in [4.78, 5) is 17.2. The van der Waals surface area contributed by atoms with Crippen LogP contribution in [0.15, 0.2) is 60.7 Å². The summed E-state index contributed by atoms with van der Waals surface area (Å²) in [5, 5.41) is 2.92. The van der Waals surface area contributed by atoms with Gasteiger partial charge in [0.05, 0.1) is 11.0 Å². The number of carbonyl (C=O) groups excluding carboxylic acids is 1. The third-order valence-corrected chi connectivity index (χ3v) is 5.63. The van der Waals surface area contributed by atoms with Crippen LogP contribution in [0.25, 0.3) is 11.0 Å². The summed E-state index contributed by atoms with van der Waals surface area (Å²) < 4.78 is 15.3. The van der Waals surface area contributed by atoms with Gasteiger partial charge in [0.2, 0.25) is 0 Å². The van der Waals surface area contributed by atoms with E-state index >= 15 is 0 Å². The number of halogens is 1. The van der Waals surface area contributed by atoms with Crippen molar-refractivity contribution in [3.8, 4) is 0 Å². The van der Waals surface area contributed by atoms with Gasteiger partial charge in [-0.2, -0.15) is 0 Å². The fourth-order valence-electron chi connectivity index (χ4n) is 4.10. The smallest absolute Gasteiger partial charge is 0.251 e. The number of nitrogens with zero attached hydrogens (tertiary/aromatic N) is 2. The van der Waals surface area contributed by atoms with Crippen LogP contribution >= 0.6 is 0 Å². The molecule has 4 aromatic rings. The fraction of sp³-hybridized carbons (Fsp3) is 0.231. The van der Waals surface area contributed by atoms with Crippen LogP contribution in [0.1, 0.15) is 38.4 Å². The first-order valence-electron chi connectivity index (χ1n) is 10.5. The largest absolute Gasteiger partial charge is 0.352 e. The van der Waals surface area contributed by atoms with E-state index in [1.165, 1.54) is 46.5 Å². The SMILES string of the molecule is Cc1cc(C)c(Cn2c(CCNC(=O)c3ccc(F)cc3)nc3ccccc32)c(C)c1. The summed E-state index contributed by atoms with van der Waals surface area (Å²) in [6.07, 6.45) is 0.603. The molecule has 0 aliphatic heterocycles. The summed E-state index contributed by atoms with van der Waals surface area (Å²) in [7, 11) is 0. The van der Waals surface area contributed by atoms with E-state index in [-0.39, 0.29) is 11.7 Å². The zero-order valence-corrected chi connectivity index (χ0v) is 18.1. The van der Waals surface area contributed by atoms with E-state index in [0.717, 1.165) is 23.4 Å². The molecular weight excluding hydrogens is 389 g/mol. The normalized spacial score (nSPS) is 11.1. The van der Waals surface area contributed by atoms with Crippen molar-refractivity contribution in [3.63, 3.8) is 0 Å². The lowest BCUT2D eigenvalue weighted by molar-refractivity contribution is 0.0954. The van der Waals surface area contributed by atoms with Crippen LogP contribution in [0.4, 0.5) is 4.39 Å². The first kappa shape index (κ1) is 20.8. The number of nitrogens with one attached hydrogen (secondary N) is 1. The maximum Gasteiger partial charge on any atom is 0.251 e. The minimum atomic E-state index is -0.355. The predicted molar refractivity (Wildman–Crippen MR) is 122 cm³/mol. The molecule has 1 aromatic heterocycles. The van der Waals surface area contributed by atoms with Gasteiger partial charge in [-0.05, 0) is 73.9 Å². The monoisotopic (exact) mass is 415 g/mol. The summed E-state index contributed by atoms with van der Waals surface area (Å²) >= 11 is 0. The Bertz CT molecular complexity index is 1220. The van der Waals surface area contributed by atoms with E-state index in [4.69, 9.17) is 4.98 Å². The number of para-hydroxylation sites is 2. The lowest BCUT2D eigenvalue weighted by Crippen LogP contribution is -2.26. The van der Waals surface area contributed by atoms with E-state index in [9.17, 15) is 9.18 Å². The summed E-state index contributed by atoms with van der Waals surface area (Å²) in [5.41, 5.74) is 7.58. The van der Waals surface area contributed by atoms with Crippen molar-refractivity contribution in [1.29, 1.82) is 0 Å². The predicted octanol–water partition coefficient (Wildman–Crippen LogP) is 5.12. The highest BCUT2D eigenvalue weighted by molar-refractivity contribution is 5.94. The molecule has 31 heavy (non-hydrogen) atoms. The van der Waals surface area contributed by atoms with Gasteiger partial charge in [-0.25, -0.2) is 9.37 Å². The molecule has 5 heteroatoms. The van der Waals surface area contributed by atoms with Crippen molar-refractivity contribution in [3.05, 3.63) is 100 Å². The molecule has 4 rings (SSSR count). The zero-order valence-electron chi connectivity index (χ0n) is 18.1. The van der Waals surface area contributed by atoms with Gasteiger partial charge in [-0.3, -0.25) is 4.79 Å². The number of imidazole rings is 1. The van der Waals surface area contributed by atoms with Crippen LogP contribution in [0.2, 0.25) is 0 Å². The quantitative estimate of drug-likeness (QED) is 0.475. The minimum Gasteiger partial charge on any atom is -0.352 e. The molecule has 0 saturated carbocycles. The molecule has 0 radical (unpaired) electrons. The Kier molecular flexibility index (Phi) is 5.85. The third kappa shape index (κ3) is 4.50. The summed E-state index contributed by atoms with van der Waals surface area (Å²) in [5.74, 6) is 0.361. The van der Waals surface area contributed by atoms with Gasteiger partial charge >= 0.3 is 0 Å². The highest BCUT2D eigenvalue weighted by atomic mass is 19.1. The van der Waals surface area contributed by atoms with Crippen molar-refractivity contribution in [2.75, 3.05) is 6.54 Å². The summed E-state index contributed by atoms with van der Waals surface area (Å²) in [6, 6.07) is 18.1. The Hall–Kier alpha value is -3.47. The molecule has 1 amide bonds. The molecule has 3 aromatic carbocycles. The molecule has 0 saturated heterocycles. The average Bonchev–Trinajstić information content (AvgIpc) is 3.08. The molecule has 1 N–H and O–H groups in total. The first-order chi connectivity index (χ1) is 14.9. The highest BCUT2D eigenvalue weighted by Gasteiger charge is 2.14. The van der Waals surface area contributed by atoms with E-state index in [2.05, 4.69) is 48.9 Å². The molecule has 0 aliphatic rings. The average molecular weight is 416 g/mol. The molecule has 158 valence electrons. The number of aryl methyl sites for hydroxylation is 3. The van der Waals surface area contributed by atoms with Crippen molar-refractivity contribution in [1.82, 2.24) is 14.9 Å². The number of carbonyl (C=O) groups is 1. The fourth-order valence-corrected chi connectivity index (χ4v) is 4.10. The van der Waals surface area contributed by atoms with Crippen LogP contribution in [0, 0.1) is 26.6 Å². The Labute approximate surface area is 181 Å². The molecule has 0 aliphatic carbocycles. The Morgan fingerprint density at radius 1 is 1.00 bits per heavy atom. The van der Waals surface area contributed by atoms with Gasteiger partial charge in [-0.15, -0.1) is 0 Å². The second-order valence-electron chi connectivity index (χ2n) is 7.99. The number of fused-ring (bicyclic) bond motifs is 1. The maximum atomic E-state index is 13.1. The maximum absolute atomic E-state index is 13.1. The van der Waals surface area contributed by atoms with Gasteiger partial charge < -0.3 is 9.88 Å². The molecule has 4 nitrogen and oxygen atoms in total. The molecule has 1 heterocycles. The van der Waals surface area contributed by atoms with E-state index in [1.54, 1.807) is 0 Å². The number of hydrogen-bond donors (Lipinski definition) is 1. The molecule has 0 spiro atoms. The number of aromatic nitrogens is 2. The molecule has 0 unspecified atom stereocenters. The molecule has 0 bridgehead atoms. The number of benzene rings is 3. The van der Waals surface area contributed by atoms with Gasteiger partial charge in [0.1, 0.15) is 11.6 Å². The summed E-state index contributed by atoms with van der Waals surface area (Å²) in [6.45, 7) is 7.60. The standard InChI is InChI=1S/C26H26FN3O/c1-17-14-18(2)22(19(3)15-17)16-30-24-7-5-4-6-23(24)29-25(30)12-13-28-26(31)20-8-10-21(27)11-9-20/h4-11,14-15H,12-13,16H2,1-3H3,(H,28,31). The van der Waals surface area contributed by atoms with E-state index in [1.807, 2.05) is 18.2 Å². The van der Waals surface area contributed by atoms with Crippen molar-refractivity contribution >= 4 is 16.9 Å². The van der Waals surface area contributed by atoms with Gasteiger partial charge in [0, 0.05) is 25.1 Å². The van der Waals surface area contributed by atoms with Gasteiger partial charge in [-0.1, -0.05) is 29.8 Å².